The summed E-state index contributed by atoms with van der Waals surface area (Å²) in [6, 6.07) is 5.17. The third kappa shape index (κ3) is 5.99. The van der Waals surface area contributed by atoms with Gasteiger partial charge in [0.2, 0.25) is 0 Å². The first-order valence-corrected chi connectivity index (χ1v) is 7.26. The van der Waals surface area contributed by atoms with Crippen molar-refractivity contribution in [3.8, 4) is 0 Å². The minimum Gasteiger partial charge on any atom is -0.326 e. The molecule has 20 heavy (non-hydrogen) atoms. The minimum atomic E-state index is -0.138. The zero-order chi connectivity index (χ0) is 15.1. The molecule has 0 bridgehead atoms. The second-order valence-electron chi connectivity index (χ2n) is 6.06. The number of nitrogens with zero attached hydrogens (tertiary/aromatic N) is 2. The fourth-order valence-electron chi connectivity index (χ4n) is 2.21. The van der Waals surface area contributed by atoms with Crippen molar-refractivity contribution in [3.05, 3.63) is 35.1 Å². The number of rotatable bonds is 8. The molecule has 1 aromatic carbocycles. The summed E-state index contributed by atoms with van der Waals surface area (Å²) in [6.45, 7) is 8.37. The smallest absolute Gasteiger partial charge is 0.127 e. The molecule has 0 aromatic heterocycles. The number of hydrogen-bond acceptors (Lipinski definition) is 3. The lowest BCUT2D eigenvalue weighted by Crippen LogP contribution is -2.34. The number of likely N-dealkylation sites (N-methyl/N-ethyl adjacent to an activating group) is 1. The maximum Gasteiger partial charge on any atom is 0.127 e. The monoisotopic (exact) mass is 281 g/mol. The van der Waals surface area contributed by atoms with E-state index in [4.69, 9.17) is 5.73 Å². The Morgan fingerprint density at radius 1 is 1.20 bits per heavy atom. The van der Waals surface area contributed by atoms with Gasteiger partial charge in [0.25, 0.3) is 0 Å². The van der Waals surface area contributed by atoms with Gasteiger partial charge in [-0.2, -0.15) is 0 Å². The molecule has 1 aromatic rings. The highest BCUT2D eigenvalue weighted by atomic mass is 19.1. The molecule has 0 radical (unpaired) electrons. The predicted octanol–water partition coefficient (Wildman–Crippen LogP) is 2.30. The molecule has 3 nitrogen and oxygen atoms in total. The summed E-state index contributed by atoms with van der Waals surface area (Å²) in [6.07, 6.45) is 0. The van der Waals surface area contributed by atoms with Gasteiger partial charge in [0, 0.05) is 38.3 Å². The molecule has 0 aliphatic heterocycles. The highest BCUT2D eigenvalue weighted by Gasteiger charge is 2.12. The summed E-state index contributed by atoms with van der Waals surface area (Å²) >= 11 is 0. The van der Waals surface area contributed by atoms with Crippen LogP contribution >= 0.6 is 0 Å². The Balaban J connectivity index is 2.76. The van der Waals surface area contributed by atoms with E-state index in [1.807, 2.05) is 6.07 Å². The molecule has 1 rings (SSSR count). The maximum atomic E-state index is 13.9. The predicted molar refractivity (Wildman–Crippen MR) is 83.0 cm³/mol. The lowest BCUT2D eigenvalue weighted by Gasteiger charge is -2.26. The summed E-state index contributed by atoms with van der Waals surface area (Å²) in [7, 11) is 4.12. The van der Waals surface area contributed by atoms with E-state index in [-0.39, 0.29) is 5.82 Å². The van der Waals surface area contributed by atoms with E-state index in [2.05, 4.69) is 37.7 Å². The van der Waals surface area contributed by atoms with Crippen LogP contribution in [-0.4, -0.2) is 43.5 Å². The Labute approximate surface area is 122 Å². The quantitative estimate of drug-likeness (QED) is 0.793. The van der Waals surface area contributed by atoms with E-state index in [1.165, 1.54) is 6.07 Å². The topological polar surface area (TPSA) is 32.5 Å². The van der Waals surface area contributed by atoms with E-state index < -0.39 is 0 Å². The third-order valence-corrected chi connectivity index (χ3v) is 3.23. The van der Waals surface area contributed by atoms with Crippen molar-refractivity contribution in [2.45, 2.75) is 26.9 Å². The third-order valence-electron chi connectivity index (χ3n) is 3.23. The van der Waals surface area contributed by atoms with Crippen LogP contribution in [-0.2, 0) is 13.1 Å². The molecule has 114 valence electrons. The molecule has 2 N–H and O–H groups in total. The first-order chi connectivity index (χ1) is 9.42. The Morgan fingerprint density at radius 2 is 1.90 bits per heavy atom. The number of halogens is 1. The van der Waals surface area contributed by atoms with Crippen LogP contribution in [0.3, 0.4) is 0 Å². The maximum absolute atomic E-state index is 13.9. The van der Waals surface area contributed by atoms with Crippen LogP contribution < -0.4 is 5.73 Å². The van der Waals surface area contributed by atoms with Gasteiger partial charge in [-0.1, -0.05) is 26.0 Å². The van der Waals surface area contributed by atoms with Gasteiger partial charge >= 0.3 is 0 Å². The zero-order valence-corrected chi connectivity index (χ0v) is 13.2. The van der Waals surface area contributed by atoms with E-state index in [9.17, 15) is 4.39 Å². The molecule has 0 aliphatic rings. The lowest BCUT2D eigenvalue weighted by atomic mass is 10.1. The standard InChI is InChI=1S/C16H28FN3/c1-13(2)11-20(8-7-19(3)4)12-15-9-14(10-18)5-6-16(15)17/h5-6,9,13H,7-8,10-12,18H2,1-4H3. The summed E-state index contributed by atoms with van der Waals surface area (Å²) in [5, 5.41) is 0. The molecular formula is C16H28FN3. The van der Waals surface area contributed by atoms with Gasteiger partial charge in [0.05, 0.1) is 0 Å². The van der Waals surface area contributed by atoms with E-state index in [1.54, 1.807) is 6.07 Å². The van der Waals surface area contributed by atoms with Gasteiger partial charge in [-0.15, -0.1) is 0 Å². The number of benzene rings is 1. The molecule has 0 aliphatic carbocycles. The first kappa shape index (κ1) is 17.1. The molecule has 0 heterocycles. The van der Waals surface area contributed by atoms with E-state index >= 15 is 0 Å². The van der Waals surface area contributed by atoms with Crippen molar-refractivity contribution < 1.29 is 4.39 Å². The zero-order valence-electron chi connectivity index (χ0n) is 13.2. The Morgan fingerprint density at radius 3 is 2.45 bits per heavy atom. The van der Waals surface area contributed by atoms with Gasteiger partial charge in [-0.3, -0.25) is 4.90 Å². The lowest BCUT2D eigenvalue weighted by molar-refractivity contribution is 0.209. The van der Waals surface area contributed by atoms with E-state index in [0.717, 1.165) is 30.8 Å². The SMILES string of the molecule is CC(C)CN(CCN(C)C)Cc1cc(CN)ccc1F. The summed E-state index contributed by atoms with van der Waals surface area (Å²) in [4.78, 5) is 4.46. The average Bonchev–Trinajstić information content (AvgIpc) is 2.37. The number of hydrogen-bond donors (Lipinski definition) is 1. The van der Waals surface area contributed by atoms with Crippen LogP contribution in [0.15, 0.2) is 18.2 Å². The molecular weight excluding hydrogens is 253 g/mol. The van der Waals surface area contributed by atoms with Crippen molar-refractivity contribution in [3.63, 3.8) is 0 Å². The van der Waals surface area contributed by atoms with E-state index in [0.29, 0.717) is 19.0 Å². The number of nitrogens with two attached hydrogens (primary N) is 1. The van der Waals surface area contributed by atoms with Crippen LogP contribution in [0, 0.1) is 11.7 Å². The highest BCUT2D eigenvalue weighted by Crippen LogP contribution is 2.14. The normalized spacial score (nSPS) is 11.8. The molecule has 0 saturated carbocycles. The molecule has 0 unspecified atom stereocenters. The fraction of sp³-hybridized carbons (Fsp3) is 0.625. The Hall–Kier alpha value is -0.970. The van der Waals surface area contributed by atoms with Crippen molar-refractivity contribution in [1.29, 1.82) is 0 Å². The first-order valence-electron chi connectivity index (χ1n) is 7.26. The van der Waals surface area contributed by atoms with Crippen molar-refractivity contribution in [2.24, 2.45) is 11.7 Å². The largest absolute Gasteiger partial charge is 0.326 e. The van der Waals surface area contributed by atoms with Crippen LogP contribution in [0.5, 0.6) is 0 Å². The van der Waals surface area contributed by atoms with Gasteiger partial charge in [0.1, 0.15) is 5.82 Å². The van der Waals surface area contributed by atoms with Crippen LogP contribution in [0.4, 0.5) is 4.39 Å². The molecule has 0 amide bonds. The second kappa shape index (κ2) is 8.35. The van der Waals surface area contributed by atoms with Gasteiger partial charge < -0.3 is 10.6 Å². The Kier molecular flexibility index (Phi) is 7.13. The molecule has 0 saturated heterocycles. The average molecular weight is 281 g/mol. The van der Waals surface area contributed by atoms with Crippen molar-refractivity contribution in [2.75, 3.05) is 33.7 Å². The molecule has 0 fully saturated rings. The highest BCUT2D eigenvalue weighted by molar-refractivity contribution is 5.25. The van der Waals surface area contributed by atoms with Crippen LogP contribution in [0.2, 0.25) is 0 Å². The van der Waals surface area contributed by atoms with Crippen LogP contribution in [0.1, 0.15) is 25.0 Å². The van der Waals surface area contributed by atoms with Crippen molar-refractivity contribution in [1.82, 2.24) is 9.80 Å². The summed E-state index contributed by atoms with van der Waals surface area (Å²) < 4.78 is 13.9. The summed E-state index contributed by atoms with van der Waals surface area (Å²) in [5.41, 5.74) is 7.36. The van der Waals surface area contributed by atoms with Gasteiger partial charge in [0.15, 0.2) is 0 Å². The Bertz CT molecular complexity index is 405. The molecule has 0 atom stereocenters. The van der Waals surface area contributed by atoms with Crippen LogP contribution in [0.25, 0.3) is 0 Å². The molecule has 0 spiro atoms. The fourth-order valence-corrected chi connectivity index (χ4v) is 2.21. The van der Waals surface area contributed by atoms with Gasteiger partial charge in [-0.25, -0.2) is 4.39 Å². The van der Waals surface area contributed by atoms with Crippen molar-refractivity contribution >= 4 is 0 Å². The molecule has 4 heteroatoms. The summed E-state index contributed by atoms with van der Waals surface area (Å²) in [5.74, 6) is 0.429. The second-order valence-corrected chi connectivity index (χ2v) is 6.06. The van der Waals surface area contributed by atoms with Gasteiger partial charge in [-0.05, 0) is 31.6 Å². The minimum absolute atomic E-state index is 0.138.